The number of hydrogen-bond acceptors (Lipinski definition) is 5. The summed E-state index contributed by atoms with van der Waals surface area (Å²) in [5.74, 6) is 0.898. The van der Waals surface area contributed by atoms with Gasteiger partial charge in [0.25, 0.3) is 0 Å². The molecule has 10 aromatic rings. The molecule has 1 aliphatic carbocycles. The molecule has 272 valence electrons. The van der Waals surface area contributed by atoms with E-state index in [1.807, 2.05) is 28.7 Å². The van der Waals surface area contributed by atoms with E-state index in [1.54, 1.807) is 0 Å². The highest BCUT2D eigenvalue weighted by Crippen LogP contribution is 2.48. The molecule has 3 aromatic heterocycles. The lowest BCUT2D eigenvalue weighted by molar-refractivity contribution is 0.409. The standard InChI is InChI=1S/C51H36N4S2/c1-3-13-31(14-4-1)49-52-50(32-15-5-2-6-16-32)54-51(53-49)34-26-28-39-38-27-25-33(29-45(38)56-46(39)30-34)35-19-12-24-44-47(35)40-20-11-23-43(48(40)57-44)55-41-21-9-7-17-36(41)37-18-8-10-22-42(37)55/h1-22,24-30,43,49,51,53H,23H2,(H,52,54). The van der Waals surface area contributed by atoms with Gasteiger partial charge in [0.15, 0.2) is 0 Å². The fraction of sp³-hybridized carbons (Fsp3) is 0.0784. The van der Waals surface area contributed by atoms with Crippen molar-refractivity contribution in [3.63, 3.8) is 0 Å². The second-order valence-electron chi connectivity index (χ2n) is 15.1. The van der Waals surface area contributed by atoms with E-state index in [-0.39, 0.29) is 18.4 Å². The summed E-state index contributed by atoms with van der Waals surface area (Å²) >= 11 is 3.83. The quantitative estimate of drug-likeness (QED) is 0.183. The Bertz CT molecular complexity index is 3190. The Kier molecular flexibility index (Phi) is 7.58. The predicted octanol–water partition coefficient (Wildman–Crippen LogP) is 13.4. The third kappa shape index (κ3) is 5.32. The zero-order chi connectivity index (χ0) is 37.5. The zero-order valence-corrected chi connectivity index (χ0v) is 32.5. The number of benzene rings is 7. The lowest BCUT2D eigenvalue weighted by Crippen LogP contribution is -2.44. The van der Waals surface area contributed by atoms with E-state index in [4.69, 9.17) is 4.99 Å². The molecule has 4 heterocycles. The van der Waals surface area contributed by atoms with Crippen LogP contribution in [-0.4, -0.2) is 10.4 Å². The molecule has 0 fully saturated rings. The van der Waals surface area contributed by atoms with Gasteiger partial charge in [0.05, 0.1) is 6.04 Å². The van der Waals surface area contributed by atoms with Crippen LogP contribution >= 0.6 is 22.7 Å². The third-order valence-corrected chi connectivity index (χ3v) is 14.2. The van der Waals surface area contributed by atoms with Crippen LogP contribution in [0.3, 0.4) is 0 Å². The number of nitrogens with one attached hydrogen (secondary N) is 2. The van der Waals surface area contributed by atoms with Crippen molar-refractivity contribution in [1.29, 1.82) is 0 Å². The van der Waals surface area contributed by atoms with Gasteiger partial charge in [-0.15, -0.1) is 22.7 Å². The highest BCUT2D eigenvalue weighted by molar-refractivity contribution is 7.25. The first-order valence-corrected chi connectivity index (χ1v) is 21.3. The molecule has 0 bridgehead atoms. The van der Waals surface area contributed by atoms with Crippen LogP contribution in [0.1, 0.15) is 51.9 Å². The van der Waals surface area contributed by atoms with Crippen LogP contribution in [0.5, 0.6) is 0 Å². The van der Waals surface area contributed by atoms with Crippen molar-refractivity contribution in [1.82, 2.24) is 15.2 Å². The minimum atomic E-state index is -0.196. The molecule has 6 heteroatoms. The molecular weight excluding hydrogens is 733 g/mol. The number of nitrogens with zero attached hydrogens (tertiary/aromatic N) is 2. The number of aromatic nitrogens is 1. The number of amidine groups is 1. The summed E-state index contributed by atoms with van der Waals surface area (Å²) in [5.41, 5.74) is 9.95. The van der Waals surface area contributed by atoms with Gasteiger partial charge in [-0.3, -0.25) is 5.32 Å². The number of rotatable bonds is 5. The van der Waals surface area contributed by atoms with Crippen molar-refractivity contribution >= 4 is 86.6 Å². The Morgan fingerprint density at radius 3 is 2.05 bits per heavy atom. The molecule has 0 amide bonds. The van der Waals surface area contributed by atoms with Gasteiger partial charge in [0.2, 0.25) is 0 Å². The molecule has 0 saturated heterocycles. The smallest absolute Gasteiger partial charge is 0.131 e. The van der Waals surface area contributed by atoms with Crippen LogP contribution in [0, 0.1) is 0 Å². The predicted molar refractivity (Wildman–Crippen MR) is 243 cm³/mol. The lowest BCUT2D eigenvalue weighted by Gasteiger charge is -2.32. The average molecular weight is 769 g/mol. The molecule has 2 N–H and O–H groups in total. The first-order chi connectivity index (χ1) is 28.2. The first kappa shape index (κ1) is 32.9. The number of thiophene rings is 2. The number of allylic oxidation sites excluding steroid dienone is 1. The Hall–Kier alpha value is -6.31. The summed E-state index contributed by atoms with van der Waals surface area (Å²) in [6.07, 6.45) is 5.48. The topological polar surface area (TPSA) is 41.4 Å². The van der Waals surface area contributed by atoms with Gasteiger partial charge in [-0.25, -0.2) is 4.99 Å². The first-order valence-electron chi connectivity index (χ1n) is 19.6. The summed E-state index contributed by atoms with van der Waals surface area (Å²) in [4.78, 5) is 6.66. The highest BCUT2D eigenvalue weighted by atomic mass is 32.1. The highest BCUT2D eigenvalue weighted by Gasteiger charge is 2.28. The number of para-hydroxylation sites is 2. The summed E-state index contributed by atoms with van der Waals surface area (Å²) < 4.78 is 6.51. The minimum Gasteiger partial charge on any atom is -0.350 e. The van der Waals surface area contributed by atoms with Crippen molar-refractivity contribution in [3.8, 4) is 11.1 Å². The Morgan fingerprint density at radius 1 is 0.561 bits per heavy atom. The lowest BCUT2D eigenvalue weighted by atomic mass is 9.93. The van der Waals surface area contributed by atoms with Crippen LogP contribution < -0.4 is 10.6 Å². The van der Waals surface area contributed by atoms with Gasteiger partial charge in [0, 0.05) is 62.5 Å². The minimum absolute atomic E-state index is 0.0674. The fourth-order valence-electron chi connectivity index (χ4n) is 9.20. The summed E-state index contributed by atoms with van der Waals surface area (Å²) in [5, 5.41) is 14.0. The van der Waals surface area contributed by atoms with Crippen LogP contribution in [0.4, 0.5) is 0 Å². The van der Waals surface area contributed by atoms with E-state index in [1.165, 1.54) is 79.2 Å². The second kappa shape index (κ2) is 13.1. The van der Waals surface area contributed by atoms with Gasteiger partial charge < -0.3 is 9.88 Å². The molecular formula is C51H36N4S2. The van der Waals surface area contributed by atoms with Crippen LogP contribution in [0.25, 0.3) is 69.3 Å². The normalized spacial score (nSPS) is 18.0. The van der Waals surface area contributed by atoms with Gasteiger partial charge in [0.1, 0.15) is 18.2 Å². The van der Waals surface area contributed by atoms with Gasteiger partial charge in [-0.1, -0.05) is 146 Å². The van der Waals surface area contributed by atoms with Crippen LogP contribution in [-0.2, 0) is 0 Å². The summed E-state index contributed by atoms with van der Waals surface area (Å²) in [6.45, 7) is 0. The maximum atomic E-state index is 5.22. The van der Waals surface area contributed by atoms with E-state index in [0.717, 1.165) is 23.4 Å². The Balaban J connectivity index is 0.939. The van der Waals surface area contributed by atoms with E-state index in [0.29, 0.717) is 0 Å². The SMILES string of the molecule is C1=Cc2c(sc3cccc(-c4ccc5c(c4)sc4cc(C6N=C(c7ccccc7)NC(c7ccccc7)N6)ccc45)c23)C(n2c3ccccc3c3ccccc32)C1. The molecule has 57 heavy (non-hydrogen) atoms. The third-order valence-electron chi connectivity index (χ3n) is 11.8. The van der Waals surface area contributed by atoms with Gasteiger partial charge in [-0.2, -0.15) is 0 Å². The molecule has 2 aliphatic rings. The Labute approximate surface area is 338 Å². The number of fused-ring (bicyclic) bond motifs is 9. The Morgan fingerprint density at radius 2 is 1.26 bits per heavy atom. The molecule has 7 aromatic carbocycles. The van der Waals surface area contributed by atoms with Crippen LogP contribution in [0.15, 0.2) is 175 Å². The maximum absolute atomic E-state index is 5.22. The molecule has 0 saturated carbocycles. The molecule has 3 unspecified atom stereocenters. The molecule has 0 radical (unpaired) electrons. The molecule has 3 atom stereocenters. The summed E-state index contributed by atoms with van der Waals surface area (Å²) in [7, 11) is 0. The van der Waals surface area contributed by atoms with Crippen molar-refractivity contribution in [2.75, 3.05) is 0 Å². The monoisotopic (exact) mass is 768 g/mol. The largest absolute Gasteiger partial charge is 0.350 e. The molecule has 0 spiro atoms. The van der Waals surface area contributed by atoms with E-state index in [2.05, 4.69) is 185 Å². The zero-order valence-electron chi connectivity index (χ0n) is 30.9. The van der Waals surface area contributed by atoms with Crippen molar-refractivity contribution in [3.05, 3.63) is 197 Å². The molecule has 4 nitrogen and oxygen atoms in total. The molecule has 12 rings (SSSR count). The van der Waals surface area contributed by atoms with Gasteiger partial charge in [-0.05, 0) is 64.6 Å². The second-order valence-corrected chi connectivity index (χ2v) is 17.3. The van der Waals surface area contributed by atoms with E-state index < -0.39 is 0 Å². The van der Waals surface area contributed by atoms with Crippen molar-refractivity contribution in [2.24, 2.45) is 4.99 Å². The van der Waals surface area contributed by atoms with E-state index >= 15 is 0 Å². The number of aliphatic imine (C=N–C) groups is 1. The van der Waals surface area contributed by atoms with Gasteiger partial charge >= 0.3 is 0 Å². The molecule has 1 aliphatic heterocycles. The average Bonchev–Trinajstić information content (AvgIpc) is 3.96. The van der Waals surface area contributed by atoms with E-state index in [9.17, 15) is 0 Å². The van der Waals surface area contributed by atoms with Crippen molar-refractivity contribution < 1.29 is 0 Å². The summed E-state index contributed by atoms with van der Waals surface area (Å²) in [6, 6.07) is 59.8. The van der Waals surface area contributed by atoms with Crippen molar-refractivity contribution in [2.45, 2.75) is 24.8 Å². The van der Waals surface area contributed by atoms with Crippen LogP contribution in [0.2, 0.25) is 0 Å². The fourth-order valence-corrected chi connectivity index (χ4v) is 11.7. The maximum Gasteiger partial charge on any atom is 0.131 e. The number of hydrogen-bond donors (Lipinski definition) is 2.